The van der Waals surface area contributed by atoms with Crippen LogP contribution in [0.15, 0.2) is 36.4 Å². The lowest BCUT2D eigenvalue weighted by Crippen LogP contribution is -2.16. The molecule has 5 nitrogen and oxygen atoms in total. The van der Waals surface area contributed by atoms with Gasteiger partial charge in [-0.3, -0.25) is 4.79 Å². The first kappa shape index (κ1) is 20.1. The van der Waals surface area contributed by atoms with Crippen LogP contribution in [0.1, 0.15) is 50.2 Å². The largest absolute Gasteiger partial charge is 0.491 e. The first-order chi connectivity index (χ1) is 13.4. The van der Waals surface area contributed by atoms with Gasteiger partial charge in [-0.2, -0.15) is 0 Å². The van der Waals surface area contributed by atoms with Gasteiger partial charge in [0.2, 0.25) is 5.78 Å². The maximum atomic E-state index is 12.4. The topological polar surface area (TPSA) is 61.8 Å². The summed E-state index contributed by atoms with van der Waals surface area (Å²) in [6, 6.07) is 10.5. The van der Waals surface area contributed by atoms with Crippen LogP contribution in [-0.2, 0) is 9.47 Å². The third kappa shape index (κ3) is 4.98. The van der Waals surface area contributed by atoms with Crippen LogP contribution in [0.2, 0.25) is 0 Å². The highest BCUT2D eigenvalue weighted by Gasteiger charge is 2.17. The molecule has 0 spiro atoms. The monoisotopic (exact) mass is 382 g/mol. The summed E-state index contributed by atoms with van der Waals surface area (Å²) < 4.78 is 16.4. The molecule has 0 saturated carbocycles. The molecule has 3 rings (SSSR count). The number of aryl methyl sites for hydroxylation is 3. The summed E-state index contributed by atoms with van der Waals surface area (Å²) in [5.74, 6) is -0.0557. The number of benzene rings is 2. The van der Waals surface area contributed by atoms with E-state index in [0.29, 0.717) is 23.5 Å². The van der Waals surface area contributed by atoms with Gasteiger partial charge in [-0.25, -0.2) is 4.79 Å². The second kappa shape index (κ2) is 9.02. The van der Waals surface area contributed by atoms with Crippen molar-refractivity contribution in [3.63, 3.8) is 0 Å². The molecule has 0 amide bonds. The average Bonchev–Trinajstić information content (AvgIpc) is 3.21. The van der Waals surface area contributed by atoms with Crippen LogP contribution < -0.4 is 4.74 Å². The summed E-state index contributed by atoms with van der Waals surface area (Å²) in [6.45, 7) is 6.87. The van der Waals surface area contributed by atoms with E-state index in [4.69, 9.17) is 14.2 Å². The Bertz CT molecular complexity index is 848. The van der Waals surface area contributed by atoms with E-state index >= 15 is 0 Å². The van der Waals surface area contributed by atoms with E-state index in [0.717, 1.165) is 36.1 Å². The van der Waals surface area contributed by atoms with Crippen molar-refractivity contribution in [3.05, 3.63) is 64.2 Å². The van der Waals surface area contributed by atoms with E-state index in [9.17, 15) is 9.59 Å². The highest BCUT2D eigenvalue weighted by atomic mass is 16.5. The molecule has 0 bridgehead atoms. The third-order valence-electron chi connectivity index (χ3n) is 5.03. The van der Waals surface area contributed by atoms with Crippen LogP contribution in [-0.4, -0.2) is 37.7 Å². The van der Waals surface area contributed by atoms with E-state index in [-0.39, 0.29) is 18.5 Å². The second-order valence-electron chi connectivity index (χ2n) is 7.22. The fourth-order valence-corrected chi connectivity index (χ4v) is 3.21. The molecule has 0 unspecified atom stereocenters. The molecular weight excluding hydrogens is 356 g/mol. The Kier molecular flexibility index (Phi) is 6.47. The normalized spacial score (nSPS) is 16.0. The first-order valence-corrected chi connectivity index (χ1v) is 9.56. The number of hydrogen-bond donors (Lipinski definition) is 0. The number of ether oxygens (including phenoxy) is 3. The van der Waals surface area contributed by atoms with Crippen LogP contribution >= 0.6 is 0 Å². The number of rotatable bonds is 7. The second-order valence-corrected chi connectivity index (χ2v) is 7.22. The number of carbonyl (C=O) groups is 2. The SMILES string of the molecule is Cc1cc(C)c(C(=O)COC(=O)c2ccc(OC[C@H]3CCCO3)cc2)cc1C. The van der Waals surface area contributed by atoms with Crippen LogP contribution in [0.3, 0.4) is 0 Å². The van der Waals surface area contributed by atoms with Crippen LogP contribution in [0, 0.1) is 20.8 Å². The highest BCUT2D eigenvalue weighted by Crippen LogP contribution is 2.18. The minimum absolute atomic E-state index is 0.143. The van der Waals surface area contributed by atoms with Gasteiger partial charge in [-0.1, -0.05) is 6.07 Å². The molecular formula is C23H26O5. The van der Waals surface area contributed by atoms with Crippen molar-refractivity contribution in [2.75, 3.05) is 19.8 Å². The van der Waals surface area contributed by atoms with E-state index in [1.807, 2.05) is 32.9 Å². The summed E-state index contributed by atoms with van der Waals surface area (Å²) in [5.41, 5.74) is 4.03. The van der Waals surface area contributed by atoms with Gasteiger partial charge in [0.1, 0.15) is 12.4 Å². The van der Waals surface area contributed by atoms with Crippen molar-refractivity contribution in [1.29, 1.82) is 0 Å². The maximum absolute atomic E-state index is 12.4. The number of hydrogen-bond acceptors (Lipinski definition) is 5. The smallest absolute Gasteiger partial charge is 0.338 e. The molecule has 1 saturated heterocycles. The molecule has 2 aromatic rings. The van der Waals surface area contributed by atoms with Crippen molar-refractivity contribution in [2.24, 2.45) is 0 Å². The van der Waals surface area contributed by atoms with E-state index in [2.05, 4.69) is 0 Å². The van der Waals surface area contributed by atoms with Crippen LogP contribution in [0.5, 0.6) is 5.75 Å². The maximum Gasteiger partial charge on any atom is 0.338 e. The Hall–Kier alpha value is -2.66. The Labute approximate surface area is 165 Å². The predicted octanol–water partition coefficient (Wildman–Crippen LogP) is 4.21. The van der Waals surface area contributed by atoms with Gasteiger partial charge in [0.05, 0.1) is 11.7 Å². The molecule has 1 atom stereocenters. The number of carbonyl (C=O) groups excluding carboxylic acids is 2. The molecule has 0 aromatic heterocycles. The average molecular weight is 382 g/mol. The Morgan fingerprint density at radius 1 is 1.04 bits per heavy atom. The third-order valence-corrected chi connectivity index (χ3v) is 5.03. The van der Waals surface area contributed by atoms with Gasteiger partial charge in [-0.15, -0.1) is 0 Å². The molecule has 2 aromatic carbocycles. The van der Waals surface area contributed by atoms with Crippen molar-refractivity contribution in [3.8, 4) is 5.75 Å². The predicted molar refractivity (Wildman–Crippen MR) is 106 cm³/mol. The van der Waals surface area contributed by atoms with Gasteiger partial charge < -0.3 is 14.2 Å². The standard InChI is InChI=1S/C23H26O5/c1-15-11-17(3)21(12-16(15)2)22(24)14-28-23(25)18-6-8-19(9-7-18)27-13-20-5-4-10-26-20/h6-9,11-12,20H,4-5,10,13-14H2,1-3H3/t20-/m1/s1. The molecule has 1 aliphatic rings. The van der Waals surface area contributed by atoms with Gasteiger partial charge in [-0.05, 0) is 80.6 Å². The van der Waals surface area contributed by atoms with Crippen molar-refractivity contribution in [2.45, 2.75) is 39.7 Å². The highest BCUT2D eigenvalue weighted by molar-refractivity contribution is 6.00. The molecule has 5 heteroatoms. The van der Waals surface area contributed by atoms with Gasteiger partial charge in [0.15, 0.2) is 6.61 Å². The van der Waals surface area contributed by atoms with Crippen molar-refractivity contribution in [1.82, 2.24) is 0 Å². The number of esters is 1. The molecule has 0 N–H and O–H groups in total. The van der Waals surface area contributed by atoms with Crippen molar-refractivity contribution < 1.29 is 23.8 Å². The van der Waals surface area contributed by atoms with E-state index < -0.39 is 5.97 Å². The molecule has 1 fully saturated rings. The Balaban J connectivity index is 1.53. The molecule has 28 heavy (non-hydrogen) atoms. The zero-order valence-corrected chi connectivity index (χ0v) is 16.6. The number of Topliss-reactive ketones (excluding diaryl/α,β-unsaturated/α-hetero) is 1. The fourth-order valence-electron chi connectivity index (χ4n) is 3.21. The fraction of sp³-hybridized carbons (Fsp3) is 0.391. The summed E-state index contributed by atoms with van der Waals surface area (Å²) >= 11 is 0. The summed E-state index contributed by atoms with van der Waals surface area (Å²) in [6.07, 6.45) is 2.22. The minimum atomic E-state index is -0.527. The van der Waals surface area contributed by atoms with E-state index in [1.54, 1.807) is 24.3 Å². The van der Waals surface area contributed by atoms with E-state index in [1.165, 1.54) is 0 Å². The Morgan fingerprint density at radius 2 is 1.75 bits per heavy atom. The summed E-state index contributed by atoms with van der Waals surface area (Å²) in [4.78, 5) is 24.7. The lowest BCUT2D eigenvalue weighted by atomic mass is 9.98. The van der Waals surface area contributed by atoms with Gasteiger partial charge >= 0.3 is 5.97 Å². The Morgan fingerprint density at radius 3 is 2.43 bits per heavy atom. The molecule has 1 aliphatic heterocycles. The van der Waals surface area contributed by atoms with Gasteiger partial charge in [0, 0.05) is 12.2 Å². The molecule has 1 heterocycles. The van der Waals surface area contributed by atoms with Gasteiger partial charge in [0.25, 0.3) is 0 Å². The zero-order chi connectivity index (χ0) is 20.1. The zero-order valence-electron chi connectivity index (χ0n) is 16.6. The lowest BCUT2D eigenvalue weighted by molar-refractivity contribution is 0.0474. The lowest BCUT2D eigenvalue weighted by Gasteiger charge is -2.12. The first-order valence-electron chi connectivity index (χ1n) is 9.56. The minimum Gasteiger partial charge on any atom is -0.491 e. The van der Waals surface area contributed by atoms with Crippen LogP contribution in [0.4, 0.5) is 0 Å². The molecule has 0 radical (unpaired) electrons. The quantitative estimate of drug-likeness (QED) is 0.530. The molecule has 148 valence electrons. The van der Waals surface area contributed by atoms with Crippen molar-refractivity contribution >= 4 is 11.8 Å². The van der Waals surface area contributed by atoms with Crippen LogP contribution in [0.25, 0.3) is 0 Å². The molecule has 0 aliphatic carbocycles. The summed E-state index contributed by atoms with van der Waals surface area (Å²) in [5, 5.41) is 0. The summed E-state index contributed by atoms with van der Waals surface area (Å²) in [7, 11) is 0. The number of ketones is 1.